The van der Waals surface area contributed by atoms with Gasteiger partial charge in [0.25, 0.3) is 0 Å². The van der Waals surface area contributed by atoms with Crippen LogP contribution in [0, 0.1) is 6.92 Å². The van der Waals surface area contributed by atoms with E-state index in [1.807, 2.05) is 17.9 Å². The van der Waals surface area contributed by atoms with Crippen LogP contribution in [0.5, 0.6) is 0 Å². The molecule has 0 saturated heterocycles. The second-order valence-electron chi connectivity index (χ2n) is 5.44. The maximum atomic E-state index is 4.28. The van der Waals surface area contributed by atoms with Crippen LogP contribution in [0.2, 0.25) is 0 Å². The fourth-order valence-electron chi connectivity index (χ4n) is 2.96. The van der Waals surface area contributed by atoms with Crippen LogP contribution in [0.3, 0.4) is 0 Å². The summed E-state index contributed by atoms with van der Waals surface area (Å²) in [5.41, 5.74) is 5.62. The minimum absolute atomic E-state index is 0.674. The Morgan fingerprint density at radius 1 is 1.37 bits per heavy atom. The predicted molar refractivity (Wildman–Crippen MR) is 77.2 cm³/mol. The standard InChI is InChI=1S/C16H21N3/c1-12-15(11-18-19(12)2)10-17-9-14-8-7-13-5-3-4-6-16(13)14/h3-6,11,14,17H,7-10H2,1-2H3/t14-/m0/s1. The SMILES string of the molecule is Cc1c(CNC[C@@H]2CCc3ccccc32)cnn1C. The molecule has 0 fully saturated rings. The lowest BCUT2D eigenvalue weighted by Crippen LogP contribution is -2.20. The molecule has 3 rings (SSSR count). The van der Waals surface area contributed by atoms with Crippen LogP contribution in [0.25, 0.3) is 0 Å². The average molecular weight is 255 g/mol. The van der Waals surface area contributed by atoms with Crippen molar-refractivity contribution in [3.8, 4) is 0 Å². The third-order valence-corrected chi connectivity index (χ3v) is 4.30. The van der Waals surface area contributed by atoms with Crippen molar-refractivity contribution in [2.75, 3.05) is 6.54 Å². The van der Waals surface area contributed by atoms with Gasteiger partial charge in [0.15, 0.2) is 0 Å². The van der Waals surface area contributed by atoms with Crippen LogP contribution < -0.4 is 5.32 Å². The second kappa shape index (κ2) is 5.17. The molecule has 1 aliphatic carbocycles. The Morgan fingerprint density at radius 3 is 3.00 bits per heavy atom. The van der Waals surface area contributed by atoms with E-state index in [9.17, 15) is 0 Å². The van der Waals surface area contributed by atoms with E-state index in [1.54, 1.807) is 0 Å². The molecule has 1 N–H and O–H groups in total. The number of aryl methyl sites for hydroxylation is 2. The fraction of sp³-hybridized carbons (Fsp3) is 0.438. The molecule has 0 bridgehead atoms. The number of hydrogen-bond acceptors (Lipinski definition) is 2. The molecular formula is C16H21N3. The van der Waals surface area contributed by atoms with Gasteiger partial charge in [-0.2, -0.15) is 5.10 Å². The van der Waals surface area contributed by atoms with Crippen molar-refractivity contribution in [1.29, 1.82) is 0 Å². The molecule has 19 heavy (non-hydrogen) atoms. The number of aromatic nitrogens is 2. The highest BCUT2D eigenvalue weighted by molar-refractivity contribution is 5.35. The van der Waals surface area contributed by atoms with Crippen LogP contribution >= 0.6 is 0 Å². The van der Waals surface area contributed by atoms with Gasteiger partial charge in [0.1, 0.15) is 0 Å². The molecule has 0 saturated carbocycles. The molecule has 0 unspecified atom stereocenters. The Kier molecular flexibility index (Phi) is 3.38. The van der Waals surface area contributed by atoms with E-state index in [0.29, 0.717) is 5.92 Å². The summed E-state index contributed by atoms with van der Waals surface area (Å²) < 4.78 is 1.93. The van der Waals surface area contributed by atoms with Gasteiger partial charge in [-0.15, -0.1) is 0 Å². The van der Waals surface area contributed by atoms with Crippen molar-refractivity contribution in [3.05, 3.63) is 52.8 Å². The average Bonchev–Trinajstić information content (AvgIpc) is 2.97. The first-order valence-electron chi connectivity index (χ1n) is 7.01. The maximum Gasteiger partial charge on any atom is 0.0537 e. The molecule has 3 nitrogen and oxygen atoms in total. The summed E-state index contributed by atoms with van der Waals surface area (Å²) >= 11 is 0. The predicted octanol–water partition coefficient (Wildman–Crippen LogP) is 2.55. The topological polar surface area (TPSA) is 29.9 Å². The monoisotopic (exact) mass is 255 g/mol. The molecule has 1 aromatic carbocycles. The van der Waals surface area contributed by atoms with Gasteiger partial charge in [-0.25, -0.2) is 0 Å². The van der Waals surface area contributed by atoms with Gasteiger partial charge in [-0.3, -0.25) is 4.68 Å². The third kappa shape index (κ3) is 2.43. The number of fused-ring (bicyclic) bond motifs is 1. The first-order valence-corrected chi connectivity index (χ1v) is 7.01. The lowest BCUT2D eigenvalue weighted by atomic mass is 10.0. The van der Waals surface area contributed by atoms with Crippen LogP contribution in [0.4, 0.5) is 0 Å². The van der Waals surface area contributed by atoms with Crippen molar-refractivity contribution >= 4 is 0 Å². The number of hydrogen-bond donors (Lipinski definition) is 1. The molecule has 1 aliphatic rings. The van der Waals surface area contributed by atoms with E-state index in [2.05, 4.69) is 41.6 Å². The van der Waals surface area contributed by atoms with Gasteiger partial charge >= 0.3 is 0 Å². The minimum Gasteiger partial charge on any atom is -0.312 e. The summed E-state index contributed by atoms with van der Waals surface area (Å²) in [6.45, 7) is 4.10. The highest BCUT2D eigenvalue weighted by Crippen LogP contribution is 2.32. The second-order valence-corrected chi connectivity index (χ2v) is 5.44. The van der Waals surface area contributed by atoms with Crippen LogP contribution in [-0.2, 0) is 20.0 Å². The lowest BCUT2D eigenvalue weighted by Gasteiger charge is -2.12. The van der Waals surface area contributed by atoms with Gasteiger partial charge < -0.3 is 5.32 Å². The van der Waals surface area contributed by atoms with E-state index >= 15 is 0 Å². The summed E-state index contributed by atoms with van der Waals surface area (Å²) in [6, 6.07) is 8.85. The summed E-state index contributed by atoms with van der Waals surface area (Å²) in [4.78, 5) is 0. The zero-order chi connectivity index (χ0) is 13.2. The van der Waals surface area contributed by atoms with Gasteiger partial charge in [0.05, 0.1) is 6.20 Å². The van der Waals surface area contributed by atoms with Crippen molar-refractivity contribution in [2.45, 2.75) is 32.2 Å². The quantitative estimate of drug-likeness (QED) is 0.910. The molecule has 0 spiro atoms. The Balaban J connectivity index is 1.58. The minimum atomic E-state index is 0.674. The highest BCUT2D eigenvalue weighted by Gasteiger charge is 2.21. The molecular weight excluding hydrogens is 234 g/mol. The molecule has 0 amide bonds. The zero-order valence-corrected chi connectivity index (χ0v) is 11.7. The largest absolute Gasteiger partial charge is 0.312 e. The molecule has 0 radical (unpaired) electrons. The smallest absolute Gasteiger partial charge is 0.0537 e. The lowest BCUT2D eigenvalue weighted by molar-refractivity contribution is 0.577. The molecule has 3 heteroatoms. The van der Waals surface area contributed by atoms with Crippen molar-refractivity contribution < 1.29 is 0 Å². The highest BCUT2D eigenvalue weighted by atomic mass is 15.3. The Labute approximate surface area is 114 Å². The summed E-state index contributed by atoms with van der Waals surface area (Å²) in [5, 5.41) is 7.86. The van der Waals surface area contributed by atoms with E-state index in [4.69, 9.17) is 0 Å². The van der Waals surface area contributed by atoms with E-state index in [-0.39, 0.29) is 0 Å². The number of rotatable bonds is 4. The maximum absolute atomic E-state index is 4.28. The molecule has 0 aliphatic heterocycles. The van der Waals surface area contributed by atoms with Crippen LogP contribution in [-0.4, -0.2) is 16.3 Å². The first-order chi connectivity index (χ1) is 9.25. The first kappa shape index (κ1) is 12.4. The van der Waals surface area contributed by atoms with Crippen molar-refractivity contribution in [3.63, 3.8) is 0 Å². The molecule has 1 atom stereocenters. The molecule has 1 heterocycles. The summed E-state index contributed by atoms with van der Waals surface area (Å²) in [6.07, 6.45) is 4.47. The van der Waals surface area contributed by atoms with Crippen LogP contribution in [0.15, 0.2) is 30.5 Å². The number of nitrogens with one attached hydrogen (secondary N) is 1. The van der Waals surface area contributed by atoms with Gasteiger partial charge in [-0.05, 0) is 36.8 Å². The summed E-state index contributed by atoms with van der Waals surface area (Å²) in [5.74, 6) is 0.674. The van der Waals surface area contributed by atoms with Crippen molar-refractivity contribution in [2.24, 2.45) is 7.05 Å². The number of nitrogens with zero attached hydrogens (tertiary/aromatic N) is 2. The van der Waals surface area contributed by atoms with E-state index < -0.39 is 0 Å². The van der Waals surface area contributed by atoms with E-state index in [0.717, 1.165) is 13.1 Å². The Hall–Kier alpha value is -1.61. The van der Waals surface area contributed by atoms with Gasteiger partial charge in [0.2, 0.25) is 0 Å². The fourth-order valence-corrected chi connectivity index (χ4v) is 2.96. The third-order valence-electron chi connectivity index (χ3n) is 4.30. The van der Waals surface area contributed by atoms with Crippen LogP contribution in [0.1, 0.15) is 34.7 Å². The van der Waals surface area contributed by atoms with E-state index in [1.165, 1.54) is 35.2 Å². The number of benzene rings is 1. The normalized spacial score (nSPS) is 17.7. The molecule has 1 aromatic heterocycles. The van der Waals surface area contributed by atoms with Crippen molar-refractivity contribution in [1.82, 2.24) is 15.1 Å². The van der Waals surface area contributed by atoms with Gasteiger partial charge in [0, 0.05) is 31.4 Å². The molecule has 100 valence electrons. The Morgan fingerprint density at radius 2 is 2.21 bits per heavy atom. The Bertz CT molecular complexity index is 571. The summed E-state index contributed by atoms with van der Waals surface area (Å²) in [7, 11) is 1.99. The van der Waals surface area contributed by atoms with Gasteiger partial charge in [-0.1, -0.05) is 24.3 Å². The molecule has 2 aromatic rings. The zero-order valence-electron chi connectivity index (χ0n) is 11.7.